The second-order valence-electron chi connectivity index (χ2n) is 6.94. The summed E-state index contributed by atoms with van der Waals surface area (Å²) in [7, 11) is 0. The average Bonchev–Trinajstić information content (AvgIpc) is 3.00. The van der Waals surface area contributed by atoms with Crippen molar-refractivity contribution in [3.63, 3.8) is 0 Å². The Bertz CT molecular complexity index is 1160. The predicted molar refractivity (Wildman–Crippen MR) is 105 cm³/mol. The number of hydrogen-bond donors (Lipinski definition) is 1. The fourth-order valence-electron chi connectivity index (χ4n) is 3.26. The Morgan fingerprint density at radius 1 is 1.19 bits per heavy atom. The largest absolute Gasteiger partial charge is 0.416 e. The summed E-state index contributed by atoms with van der Waals surface area (Å²) in [6, 6.07) is 11.0. The van der Waals surface area contributed by atoms with Gasteiger partial charge < -0.3 is 5.32 Å². The van der Waals surface area contributed by atoms with Gasteiger partial charge in [-0.3, -0.25) is 4.79 Å². The zero-order valence-electron chi connectivity index (χ0n) is 16.7. The number of carbonyl (C=O) groups excluding carboxylic acids is 1. The molecule has 5 nitrogen and oxygen atoms in total. The molecule has 0 spiro atoms. The van der Waals surface area contributed by atoms with Crippen LogP contribution in [0.25, 0.3) is 5.69 Å². The van der Waals surface area contributed by atoms with Crippen molar-refractivity contribution in [1.82, 2.24) is 15.1 Å². The fraction of sp³-hybridized carbons (Fsp3) is 0.227. The van der Waals surface area contributed by atoms with E-state index in [0.29, 0.717) is 17.0 Å². The summed E-state index contributed by atoms with van der Waals surface area (Å²) in [4.78, 5) is 12.5. The number of benzene rings is 2. The number of nitrogens with zero attached hydrogens (tertiary/aromatic N) is 3. The number of aromatic nitrogens is 2. The van der Waals surface area contributed by atoms with E-state index in [0.717, 1.165) is 12.1 Å². The molecule has 0 aliphatic carbocycles. The van der Waals surface area contributed by atoms with Gasteiger partial charge in [0.1, 0.15) is 11.9 Å². The molecule has 0 fully saturated rings. The molecule has 1 amide bonds. The minimum absolute atomic E-state index is 0.0476. The molecule has 0 bridgehead atoms. The number of carbonyl (C=O) groups is 1. The lowest BCUT2D eigenvalue weighted by atomic mass is 10.1. The van der Waals surface area contributed by atoms with Crippen molar-refractivity contribution < 1.29 is 22.4 Å². The maximum absolute atomic E-state index is 13.9. The molecular weight excluding hydrogens is 412 g/mol. The van der Waals surface area contributed by atoms with Crippen LogP contribution in [-0.2, 0) is 17.4 Å². The zero-order valence-corrected chi connectivity index (χ0v) is 16.7. The third-order valence-corrected chi connectivity index (χ3v) is 4.85. The maximum Gasteiger partial charge on any atom is 0.416 e. The van der Waals surface area contributed by atoms with Gasteiger partial charge in [0.05, 0.1) is 29.4 Å². The molecule has 1 aromatic heterocycles. The topological polar surface area (TPSA) is 70.7 Å². The quantitative estimate of drug-likeness (QED) is 0.603. The lowest BCUT2D eigenvalue weighted by Gasteiger charge is -2.13. The Kier molecular flexibility index (Phi) is 6.11. The van der Waals surface area contributed by atoms with E-state index < -0.39 is 29.5 Å². The van der Waals surface area contributed by atoms with E-state index in [2.05, 4.69) is 10.4 Å². The van der Waals surface area contributed by atoms with E-state index in [4.69, 9.17) is 0 Å². The van der Waals surface area contributed by atoms with Gasteiger partial charge in [-0.1, -0.05) is 24.3 Å². The molecule has 9 heteroatoms. The van der Waals surface area contributed by atoms with Crippen molar-refractivity contribution >= 4 is 5.91 Å². The van der Waals surface area contributed by atoms with E-state index in [1.807, 2.05) is 6.07 Å². The second-order valence-corrected chi connectivity index (χ2v) is 6.94. The van der Waals surface area contributed by atoms with Crippen molar-refractivity contribution in [3.05, 3.63) is 82.4 Å². The smallest absolute Gasteiger partial charge is 0.336 e. The lowest BCUT2D eigenvalue weighted by molar-refractivity contribution is -0.137. The van der Waals surface area contributed by atoms with E-state index in [1.165, 1.54) is 35.0 Å². The van der Waals surface area contributed by atoms with Gasteiger partial charge in [0.2, 0.25) is 5.91 Å². The Morgan fingerprint density at radius 2 is 1.90 bits per heavy atom. The lowest BCUT2D eigenvalue weighted by Crippen LogP contribution is -2.29. The maximum atomic E-state index is 13.9. The first kappa shape index (κ1) is 22.0. The standard InChI is InChI=1S/C22H18F4N4O/c1-13-18(11-21(31)28-20(12-27)17-8-3-4-9-19(17)23)14(2)30(29-13)16-7-5-6-15(10-16)22(24,25)26/h3-10,20H,11H2,1-2H3,(H,28,31). The summed E-state index contributed by atoms with van der Waals surface area (Å²) in [5.41, 5.74) is 0.921. The first-order valence-corrected chi connectivity index (χ1v) is 9.28. The van der Waals surface area contributed by atoms with Crippen LogP contribution in [-0.4, -0.2) is 15.7 Å². The van der Waals surface area contributed by atoms with Crippen LogP contribution in [0, 0.1) is 31.0 Å². The predicted octanol–water partition coefficient (Wildman–Crippen LogP) is 4.57. The number of hydrogen-bond acceptors (Lipinski definition) is 3. The molecule has 3 aromatic rings. The highest BCUT2D eigenvalue weighted by atomic mass is 19.4. The Hall–Kier alpha value is -3.67. The monoisotopic (exact) mass is 430 g/mol. The van der Waals surface area contributed by atoms with Crippen LogP contribution in [0.5, 0.6) is 0 Å². The normalized spacial score (nSPS) is 12.3. The van der Waals surface area contributed by atoms with Crippen LogP contribution in [0.3, 0.4) is 0 Å². The molecule has 1 heterocycles. The number of halogens is 4. The summed E-state index contributed by atoms with van der Waals surface area (Å²) in [6.07, 6.45) is -4.66. The van der Waals surface area contributed by atoms with Crippen LogP contribution in [0.4, 0.5) is 17.6 Å². The van der Waals surface area contributed by atoms with Crippen molar-refractivity contribution in [1.29, 1.82) is 5.26 Å². The highest BCUT2D eigenvalue weighted by Crippen LogP contribution is 2.31. The molecule has 31 heavy (non-hydrogen) atoms. The number of alkyl halides is 3. The highest BCUT2D eigenvalue weighted by Gasteiger charge is 2.31. The molecule has 1 unspecified atom stereocenters. The molecule has 160 valence electrons. The number of nitrogens with one attached hydrogen (secondary N) is 1. The highest BCUT2D eigenvalue weighted by molar-refractivity contribution is 5.80. The number of rotatable bonds is 5. The molecule has 0 saturated heterocycles. The van der Waals surface area contributed by atoms with Gasteiger partial charge in [0, 0.05) is 16.8 Å². The third-order valence-electron chi connectivity index (χ3n) is 4.85. The SMILES string of the molecule is Cc1nn(-c2cccc(C(F)(F)F)c2)c(C)c1CC(=O)NC(C#N)c1ccccc1F. The molecule has 1 N–H and O–H groups in total. The van der Waals surface area contributed by atoms with Gasteiger partial charge >= 0.3 is 6.18 Å². The Labute approximate surface area is 175 Å². The first-order valence-electron chi connectivity index (χ1n) is 9.28. The van der Waals surface area contributed by atoms with Crippen LogP contribution in [0.2, 0.25) is 0 Å². The van der Waals surface area contributed by atoms with Crippen molar-refractivity contribution in [2.24, 2.45) is 0 Å². The van der Waals surface area contributed by atoms with Gasteiger partial charge in [-0.15, -0.1) is 0 Å². The first-order chi connectivity index (χ1) is 14.6. The van der Waals surface area contributed by atoms with Crippen LogP contribution < -0.4 is 5.32 Å². The average molecular weight is 430 g/mol. The Morgan fingerprint density at radius 3 is 2.55 bits per heavy atom. The molecule has 1 atom stereocenters. The summed E-state index contributed by atoms with van der Waals surface area (Å²) in [5.74, 6) is -1.15. The van der Waals surface area contributed by atoms with Crippen molar-refractivity contribution in [3.8, 4) is 11.8 Å². The van der Waals surface area contributed by atoms with E-state index >= 15 is 0 Å². The molecular formula is C22H18F4N4O. The van der Waals surface area contributed by atoms with Crippen LogP contribution in [0.15, 0.2) is 48.5 Å². The number of amides is 1. The van der Waals surface area contributed by atoms with Gasteiger partial charge in [-0.2, -0.15) is 23.5 Å². The van der Waals surface area contributed by atoms with E-state index in [-0.39, 0.29) is 17.7 Å². The van der Waals surface area contributed by atoms with Crippen molar-refractivity contribution in [2.45, 2.75) is 32.5 Å². The summed E-state index contributed by atoms with van der Waals surface area (Å²) < 4.78 is 54.4. The van der Waals surface area contributed by atoms with Crippen LogP contribution >= 0.6 is 0 Å². The minimum Gasteiger partial charge on any atom is -0.336 e. The van der Waals surface area contributed by atoms with Gasteiger partial charge in [0.25, 0.3) is 0 Å². The van der Waals surface area contributed by atoms with Crippen LogP contribution in [0.1, 0.15) is 34.1 Å². The molecule has 0 radical (unpaired) electrons. The Balaban J connectivity index is 1.84. The fourth-order valence-corrected chi connectivity index (χ4v) is 3.26. The third kappa shape index (κ3) is 4.74. The van der Waals surface area contributed by atoms with Gasteiger partial charge in [-0.25, -0.2) is 9.07 Å². The molecule has 3 rings (SSSR count). The second kappa shape index (κ2) is 8.60. The number of aryl methyl sites for hydroxylation is 1. The van der Waals surface area contributed by atoms with Gasteiger partial charge in [-0.05, 0) is 38.1 Å². The van der Waals surface area contributed by atoms with E-state index in [1.54, 1.807) is 19.9 Å². The van der Waals surface area contributed by atoms with E-state index in [9.17, 15) is 27.6 Å². The summed E-state index contributed by atoms with van der Waals surface area (Å²) in [6.45, 7) is 3.28. The number of nitriles is 1. The van der Waals surface area contributed by atoms with Crippen molar-refractivity contribution in [2.75, 3.05) is 0 Å². The molecule has 0 aliphatic heterocycles. The summed E-state index contributed by atoms with van der Waals surface area (Å²) in [5, 5.41) is 16.1. The molecule has 0 aliphatic rings. The zero-order chi connectivity index (χ0) is 22.8. The minimum atomic E-state index is -4.49. The van der Waals surface area contributed by atoms with Gasteiger partial charge in [0.15, 0.2) is 0 Å². The summed E-state index contributed by atoms with van der Waals surface area (Å²) >= 11 is 0. The molecule has 2 aromatic carbocycles. The molecule has 0 saturated carbocycles.